The number of nitriles is 1. The molecule has 78 valence electrons. The first-order chi connectivity index (χ1) is 7.85. The molecular weight excluding hydrogens is 198 g/mol. The second kappa shape index (κ2) is 4.50. The van der Waals surface area contributed by atoms with E-state index in [0.717, 1.165) is 16.9 Å². The van der Waals surface area contributed by atoms with Gasteiger partial charge in [-0.15, -0.1) is 0 Å². The fraction of sp³-hybridized carbons (Fsp3) is 0.0714. The van der Waals surface area contributed by atoms with Crippen molar-refractivity contribution in [3.8, 4) is 22.9 Å². The molecule has 0 aliphatic heterocycles. The van der Waals surface area contributed by atoms with E-state index in [-0.39, 0.29) is 0 Å². The number of para-hydroxylation sites is 1. The van der Waals surface area contributed by atoms with E-state index in [0.29, 0.717) is 5.56 Å². The van der Waals surface area contributed by atoms with Gasteiger partial charge in [-0.25, -0.2) is 0 Å². The third kappa shape index (κ3) is 1.89. The maximum atomic E-state index is 8.85. The van der Waals surface area contributed by atoms with Crippen LogP contribution in [0.1, 0.15) is 5.56 Å². The van der Waals surface area contributed by atoms with Crippen LogP contribution in [0.3, 0.4) is 0 Å². The molecule has 0 aliphatic rings. The van der Waals surface area contributed by atoms with Gasteiger partial charge in [-0.2, -0.15) is 5.26 Å². The molecule has 0 spiro atoms. The van der Waals surface area contributed by atoms with Crippen molar-refractivity contribution in [3.63, 3.8) is 0 Å². The summed E-state index contributed by atoms with van der Waals surface area (Å²) in [7, 11) is 1.65. The molecule has 2 aromatic rings. The quantitative estimate of drug-likeness (QED) is 0.760. The van der Waals surface area contributed by atoms with E-state index in [2.05, 4.69) is 6.07 Å². The normalized spacial score (nSPS) is 9.50. The van der Waals surface area contributed by atoms with Crippen molar-refractivity contribution in [3.05, 3.63) is 54.1 Å². The van der Waals surface area contributed by atoms with Crippen molar-refractivity contribution in [2.24, 2.45) is 0 Å². The van der Waals surface area contributed by atoms with Crippen LogP contribution in [0.2, 0.25) is 0 Å². The van der Waals surface area contributed by atoms with E-state index in [1.165, 1.54) is 0 Å². The first kappa shape index (κ1) is 10.3. The third-order valence-electron chi connectivity index (χ3n) is 2.41. The molecule has 0 aromatic heterocycles. The molecular formula is C14H11NO. The molecule has 2 nitrogen and oxygen atoms in total. The molecule has 0 amide bonds. The number of benzene rings is 2. The highest BCUT2D eigenvalue weighted by molar-refractivity contribution is 5.71. The number of nitrogens with zero attached hydrogens (tertiary/aromatic N) is 1. The Morgan fingerprint density at radius 2 is 1.88 bits per heavy atom. The van der Waals surface area contributed by atoms with Crippen molar-refractivity contribution in [2.75, 3.05) is 7.11 Å². The zero-order valence-electron chi connectivity index (χ0n) is 8.97. The molecule has 0 aliphatic carbocycles. The summed E-state index contributed by atoms with van der Waals surface area (Å²) in [5.41, 5.74) is 2.65. The van der Waals surface area contributed by atoms with Gasteiger partial charge in [0.1, 0.15) is 5.75 Å². The maximum absolute atomic E-state index is 8.85. The highest BCUT2D eigenvalue weighted by Crippen LogP contribution is 2.29. The second-order valence-electron chi connectivity index (χ2n) is 3.39. The SMILES string of the molecule is COc1ccccc1-c1cccc(C#N)c1. The van der Waals surface area contributed by atoms with E-state index < -0.39 is 0 Å². The van der Waals surface area contributed by atoms with Crippen LogP contribution in [0.25, 0.3) is 11.1 Å². The van der Waals surface area contributed by atoms with Gasteiger partial charge in [0.2, 0.25) is 0 Å². The smallest absolute Gasteiger partial charge is 0.126 e. The lowest BCUT2D eigenvalue weighted by molar-refractivity contribution is 0.416. The number of rotatable bonds is 2. The Bertz CT molecular complexity index is 540. The van der Waals surface area contributed by atoms with Gasteiger partial charge in [-0.1, -0.05) is 30.3 Å². The molecule has 2 heteroatoms. The van der Waals surface area contributed by atoms with Gasteiger partial charge >= 0.3 is 0 Å². The molecule has 16 heavy (non-hydrogen) atoms. The van der Waals surface area contributed by atoms with Crippen molar-refractivity contribution < 1.29 is 4.74 Å². The Balaban J connectivity index is 2.54. The molecule has 0 fully saturated rings. The summed E-state index contributed by atoms with van der Waals surface area (Å²) < 4.78 is 5.29. The van der Waals surface area contributed by atoms with Crippen LogP contribution in [0.4, 0.5) is 0 Å². The minimum Gasteiger partial charge on any atom is -0.496 e. The average molecular weight is 209 g/mol. The lowest BCUT2D eigenvalue weighted by Crippen LogP contribution is -1.87. The van der Waals surface area contributed by atoms with Crippen LogP contribution in [0.5, 0.6) is 5.75 Å². The Kier molecular flexibility index (Phi) is 2.88. The fourth-order valence-electron chi connectivity index (χ4n) is 1.64. The molecule has 0 atom stereocenters. The van der Waals surface area contributed by atoms with Crippen LogP contribution >= 0.6 is 0 Å². The molecule has 2 rings (SSSR count). The van der Waals surface area contributed by atoms with Gasteiger partial charge in [0, 0.05) is 5.56 Å². The molecule has 2 aromatic carbocycles. The summed E-state index contributed by atoms with van der Waals surface area (Å²) in [5, 5.41) is 8.85. The molecule has 0 saturated carbocycles. The Morgan fingerprint density at radius 3 is 2.62 bits per heavy atom. The lowest BCUT2D eigenvalue weighted by atomic mass is 10.0. The van der Waals surface area contributed by atoms with Crippen LogP contribution in [-0.2, 0) is 0 Å². The van der Waals surface area contributed by atoms with Crippen molar-refractivity contribution >= 4 is 0 Å². The predicted octanol–water partition coefficient (Wildman–Crippen LogP) is 3.23. The molecule has 0 saturated heterocycles. The first-order valence-corrected chi connectivity index (χ1v) is 4.98. The molecule has 0 N–H and O–H groups in total. The fourth-order valence-corrected chi connectivity index (χ4v) is 1.64. The molecule has 0 unspecified atom stereocenters. The predicted molar refractivity (Wildman–Crippen MR) is 63.1 cm³/mol. The minimum absolute atomic E-state index is 0.656. The summed E-state index contributed by atoms with van der Waals surface area (Å²) in [6.07, 6.45) is 0. The molecule has 0 radical (unpaired) electrons. The zero-order valence-corrected chi connectivity index (χ0v) is 8.97. The molecule has 0 heterocycles. The number of hydrogen-bond acceptors (Lipinski definition) is 2. The van der Waals surface area contributed by atoms with Crippen molar-refractivity contribution in [1.82, 2.24) is 0 Å². The summed E-state index contributed by atoms with van der Waals surface area (Å²) in [5.74, 6) is 0.817. The minimum atomic E-state index is 0.656. The maximum Gasteiger partial charge on any atom is 0.126 e. The van der Waals surface area contributed by atoms with Crippen LogP contribution < -0.4 is 4.74 Å². The summed E-state index contributed by atoms with van der Waals surface area (Å²) in [4.78, 5) is 0. The van der Waals surface area contributed by atoms with Crippen LogP contribution in [0, 0.1) is 11.3 Å². The third-order valence-corrected chi connectivity index (χ3v) is 2.41. The van der Waals surface area contributed by atoms with E-state index in [1.54, 1.807) is 13.2 Å². The number of ether oxygens (including phenoxy) is 1. The van der Waals surface area contributed by atoms with Gasteiger partial charge in [-0.05, 0) is 23.8 Å². The first-order valence-electron chi connectivity index (χ1n) is 4.98. The van der Waals surface area contributed by atoms with E-state index >= 15 is 0 Å². The van der Waals surface area contributed by atoms with Gasteiger partial charge in [0.05, 0.1) is 18.7 Å². The summed E-state index contributed by atoms with van der Waals surface area (Å²) in [6, 6.07) is 17.4. The van der Waals surface area contributed by atoms with Gasteiger partial charge in [0.25, 0.3) is 0 Å². The molecule has 0 bridgehead atoms. The topological polar surface area (TPSA) is 33.0 Å². The highest BCUT2D eigenvalue weighted by Gasteiger charge is 2.04. The Labute approximate surface area is 94.7 Å². The number of hydrogen-bond donors (Lipinski definition) is 0. The summed E-state index contributed by atoms with van der Waals surface area (Å²) in [6.45, 7) is 0. The Morgan fingerprint density at radius 1 is 1.06 bits per heavy atom. The van der Waals surface area contributed by atoms with Crippen LogP contribution in [-0.4, -0.2) is 7.11 Å². The van der Waals surface area contributed by atoms with E-state index in [9.17, 15) is 0 Å². The summed E-state index contributed by atoms with van der Waals surface area (Å²) >= 11 is 0. The second-order valence-corrected chi connectivity index (χ2v) is 3.39. The zero-order chi connectivity index (χ0) is 11.4. The van der Waals surface area contributed by atoms with Crippen LogP contribution in [0.15, 0.2) is 48.5 Å². The monoisotopic (exact) mass is 209 g/mol. The number of methoxy groups -OCH3 is 1. The average Bonchev–Trinajstić information content (AvgIpc) is 2.38. The van der Waals surface area contributed by atoms with Gasteiger partial charge in [-0.3, -0.25) is 0 Å². The van der Waals surface area contributed by atoms with Gasteiger partial charge < -0.3 is 4.74 Å². The standard InChI is InChI=1S/C14H11NO/c1-16-14-8-3-2-7-13(14)12-6-4-5-11(9-12)10-15/h2-9H,1H3. The van der Waals surface area contributed by atoms with Crippen molar-refractivity contribution in [1.29, 1.82) is 5.26 Å². The van der Waals surface area contributed by atoms with Crippen molar-refractivity contribution in [2.45, 2.75) is 0 Å². The van der Waals surface area contributed by atoms with E-state index in [1.807, 2.05) is 42.5 Å². The largest absolute Gasteiger partial charge is 0.496 e. The highest BCUT2D eigenvalue weighted by atomic mass is 16.5. The lowest BCUT2D eigenvalue weighted by Gasteiger charge is -2.08. The Hall–Kier alpha value is -2.27. The van der Waals surface area contributed by atoms with E-state index in [4.69, 9.17) is 10.00 Å². The van der Waals surface area contributed by atoms with Gasteiger partial charge in [0.15, 0.2) is 0 Å².